The van der Waals surface area contributed by atoms with E-state index in [1.165, 1.54) is 21.8 Å². The molecule has 1 aliphatic rings. The Morgan fingerprint density at radius 1 is 1.29 bits per heavy atom. The lowest BCUT2D eigenvalue weighted by Gasteiger charge is -2.18. The molecule has 1 aromatic heterocycles. The molecule has 0 fully saturated rings. The van der Waals surface area contributed by atoms with Crippen molar-refractivity contribution in [3.05, 3.63) is 50.7 Å². The van der Waals surface area contributed by atoms with Crippen LogP contribution in [-0.2, 0) is 17.6 Å². The minimum atomic E-state index is -0.239. The lowest BCUT2D eigenvalue weighted by atomic mass is 9.95. The highest BCUT2D eigenvalue weighted by Crippen LogP contribution is 2.30. The zero-order chi connectivity index (χ0) is 17.1. The summed E-state index contributed by atoms with van der Waals surface area (Å²) in [4.78, 5) is 27.6. The van der Waals surface area contributed by atoms with E-state index in [-0.39, 0.29) is 18.4 Å². The van der Waals surface area contributed by atoms with Crippen LogP contribution in [0.15, 0.2) is 29.6 Å². The molecule has 0 radical (unpaired) electrons. The molecule has 2 aromatic rings. The Hall–Kier alpha value is -1.85. The second-order valence-electron chi connectivity index (χ2n) is 5.98. The summed E-state index contributed by atoms with van der Waals surface area (Å²) in [6.07, 6.45) is 4.34. The number of carbonyl (C=O) groups excluding carboxylic acids is 2. The van der Waals surface area contributed by atoms with E-state index in [1.807, 2.05) is 5.38 Å². The molecule has 0 saturated carbocycles. The third kappa shape index (κ3) is 3.79. The second kappa shape index (κ2) is 7.36. The molecule has 0 atom stereocenters. The Labute approximate surface area is 150 Å². The van der Waals surface area contributed by atoms with E-state index in [0.29, 0.717) is 10.7 Å². The van der Waals surface area contributed by atoms with Crippen LogP contribution in [0.2, 0.25) is 5.02 Å². The minimum absolute atomic E-state index is 0.00989. The fourth-order valence-corrected chi connectivity index (χ4v) is 4.24. The number of nitrogens with zero attached hydrogens (tertiary/aromatic N) is 1. The van der Waals surface area contributed by atoms with E-state index >= 15 is 0 Å². The summed E-state index contributed by atoms with van der Waals surface area (Å²) in [7, 11) is 1.66. The van der Waals surface area contributed by atoms with Gasteiger partial charge in [-0.15, -0.1) is 11.3 Å². The van der Waals surface area contributed by atoms with Crippen LogP contribution >= 0.6 is 22.9 Å². The molecule has 24 heavy (non-hydrogen) atoms. The number of carbonyl (C=O) groups is 2. The average Bonchev–Trinajstić information content (AvgIpc) is 2.98. The van der Waals surface area contributed by atoms with Crippen molar-refractivity contribution in [3.63, 3.8) is 0 Å². The summed E-state index contributed by atoms with van der Waals surface area (Å²) in [5, 5.41) is 5.25. The van der Waals surface area contributed by atoms with Gasteiger partial charge in [0.1, 0.15) is 0 Å². The molecule has 3 rings (SSSR count). The van der Waals surface area contributed by atoms with Crippen LogP contribution in [0.25, 0.3) is 0 Å². The Morgan fingerprint density at radius 2 is 2.08 bits per heavy atom. The number of rotatable bonds is 4. The number of hydrogen-bond acceptors (Lipinski definition) is 3. The number of halogens is 1. The maximum Gasteiger partial charge on any atom is 0.255 e. The zero-order valence-electron chi connectivity index (χ0n) is 13.5. The quantitative estimate of drug-likeness (QED) is 0.893. The fraction of sp³-hybridized carbons (Fsp3) is 0.333. The normalized spacial score (nSPS) is 13.2. The van der Waals surface area contributed by atoms with Gasteiger partial charge in [0.15, 0.2) is 0 Å². The first-order chi connectivity index (χ1) is 11.5. The molecular formula is C18H19ClN2O2S. The number of anilines is 1. The lowest BCUT2D eigenvalue weighted by molar-refractivity contribution is -0.116. The van der Waals surface area contributed by atoms with Gasteiger partial charge in [-0.2, -0.15) is 0 Å². The molecular weight excluding hydrogens is 344 g/mol. The maximum absolute atomic E-state index is 12.7. The first-order valence-corrected chi connectivity index (χ1v) is 9.20. The highest BCUT2D eigenvalue weighted by molar-refractivity contribution is 7.10. The van der Waals surface area contributed by atoms with Crippen LogP contribution in [0.5, 0.6) is 0 Å². The standard InChI is InChI=1S/C18H19ClN2O2S/c1-21(10-17(22)20-13-6-4-5-12(19)9-13)18(23)15-11-24-16-8-3-2-7-14(15)16/h4-6,9,11H,2-3,7-8,10H2,1H3,(H,20,22). The molecule has 0 unspecified atom stereocenters. The van der Waals surface area contributed by atoms with E-state index in [9.17, 15) is 9.59 Å². The van der Waals surface area contributed by atoms with Gasteiger partial charge in [0.25, 0.3) is 5.91 Å². The van der Waals surface area contributed by atoms with Crippen LogP contribution < -0.4 is 5.32 Å². The van der Waals surface area contributed by atoms with Gasteiger partial charge in [-0.1, -0.05) is 17.7 Å². The smallest absolute Gasteiger partial charge is 0.255 e. The maximum atomic E-state index is 12.7. The van der Waals surface area contributed by atoms with Gasteiger partial charge in [-0.05, 0) is 49.4 Å². The summed E-state index contributed by atoms with van der Waals surface area (Å²) < 4.78 is 0. The van der Waals surface area contributed by atoms with Crippen molar-refractivity contribution >= 4 is 40.4 Å². The van der Waals surface area contributed by atoms with Crippen molar-refractivity contribution in [2.75, 3.05) is 18.9 Å². The molecule has 1 heterocycles. The number of fused-ring (bicyclic) bond motifs is 1. The van der Waals surface area contributed by atoms with E-state index in [2.05, 4.69) is 5.32 Å². The molecule has 126 valence electrons. The molecule has 1 aromatic carbocycles. The molecule has 2 amide bonds. The number of nitrogens with one attached hydrogen (secondary N) is 1. The largest absolute Gasteiger partial charge is 0.332 e. The van der Waals surface area contributed by atoms with Crippen molar-refractivity contribution in [3.8, 4) is 0 Å². The number of thiophene rings is 1. The van der Waals surface area contributed by atoms with Crippen LogP contribution in [0.4, 0.5) is 5.69 Å². The summed E-state index contributed by atoms with van der Waals surface area (Å²) in [6, 6.07) is 6.95. The van der Waals surface area contributed by atoms with E-state index < -0.39 is 0 Å². The van der Waals surface area contributed by atoms with Crippen molar-refractivity contribution < 1.29 is 9.59 Å². The highest BCUT2D eigenvalue weighted by atomic mass is 35.5. The molecule has 0 spiro atoms. The average molecular weight is 363 g/mol. The molecule has 1 aliphatic carbocycles. The molecule has 1 N–H and O–H groups in total. The Kier molecular flexibility index (Phi) is 5.21. The van der Waals surface area contributed by atoms with Crippen molar-refractivity contribution in [1.82, 2.24) is 4.90 Å². The first kappa shape index (κ1) is 17.0. The summed E-state index contributed by atoms with van der Waals surface area (Å²) in [6.45, 7) is 0.00989. The van der Waals surface area contributed by atoms with E-state index in [0.717, 1.165) is 24.8 Å². The molecule has 0 saturated heterocycles. The number of hydrogen-bond donors (Lipinski definition) is 1. The predicted molar refractivity (Wildman–Crippen MR) is 98.0 cm³/mol. The molecule has 6 heteroatoms. The van der Waals surface area contributed by atoms with Crippen LogP contribution in [0, 0.1) is 0 Å². The number of amides is 2. The van der Waals surface area contributed by atoms with Gasteiger partial charge >= 0.3 is 0 Å². The first-order valence-electron chi connectivity index (χ1n) is 7.94. The van der Waals surface area contributed by atoms with Gasteiger partial charge in [-0.25, -0.2) is 0 Å². The van der Waals surface area contributed by atoms with Crippen molar-refractivity contribution in [2.24, 2.45) is 0 Å². The number of benzene rings is 1. The molecule has 0 bridgehead atoms. The summed E-state index contributed by atoms with van der Waals surface area (Å²) >= 11 is 7.56. The Morgan fingerprint density at radius 3 is 2.88 bits per heavy atom. The third-order valence-corrected chi connectivity index (χ3v) is 5.45. The number of aryl methyl sites for hydroxylation is 1. The topological polar surface area (TPSA) is 49.4 Å². The van der Waals surface area contributed by atoms with E-state index in [4.69, 9.17) is 11.6 Å². The van der Waals surface area contributed by atoms with Gasteiger partial charge in [0, 0.05) is 28.0 Å². The van der Waals surface area contributed by atoms with Crippen molar-refractivity contribution in [1.29, 1.82) is 0 Å². The number of likely N-dealkylation sites (N-methyl/N-ethyl adjacent to an activating group) is 1. The van der Waals surface area contributed by atoms with Gasteiger partial charge in [-0.3, -0.25) is 9.59 Å². The monoisotopic (exact) mass is 362 g/mol. The summed E-state index contributed by atoms with van der Waals surface area (Å²) in [5.41, 5.74) is 2.56. The van der Waals surface area contributed by atoms with Crippen molar-refractivity contribution in [2.45, 2.75) is 25.7 Å². The van der Waals surface area contributed by atoms with Crippen LogP contribution in [-0.4, -0.2) is 30.3 Å². The zero-order valence-corrected chi connectivity index (χ0v) is 15.0. The minimum Gasteiger partial charge on any atom is -0.332 e. The molecule has 4 nitrogen and oxygen atoms in total. The predicted octanol–water partition coefficient (Wildman–Crippen LogP) is 3.99. The fourth-order valence-electron chi connectivity index (χ4n) is 2.93. The Balaban J connectivity index is 1.64. The lowest BCUT2D eigenvalue weighted by Crippen LogP contribution is -2.35. The van der Waals surface area contributed by atoms with Crippen LogP contribution in [0.3, 0.4) is 0 Å². The van der Waals surface area contributed by atoms with Gasteiger partial charge in [0.2, 0.25) is 5.91 Å². The van der Waals surface area contributed by atoms with Crippen LogP contribution in [0.1, 0.15) is 33.6 Å². The Bertz CT molecular complexity index is 772. The van der Waals surface area contributed by atoms with E-state index in [1.54, 1.807) is 42.6 Å². The second-order valence-corrected chi connectivity index (χ2v) is 7.38. The highest BCUT2D eigenvalue weighted by Gasteiger charge is 2.23. The summed E-state index contributed by atoms with van der Waals surface area (Å²) in [5.74, 6) is -0.326. The third-order valence-electron chi connectivity index (χ3n) is 4.13. The van der Waals surface area contributed by atoms with Gasteiger partial charge in [0.05, 0.1) is 12.1 Å². The molecule has 0 aliphatic heterocycles. The SMILES string of the molecule is CN(CC(=O)Nc1cccc(Cl)c1)C(=O)c1csc2c1CCCC2. The van der Waals surface area contributed by atoms with Gasteiger partial charge < -0.3 is 10.2 Å².